The van der Waals surface area contributed by atoms with Gasteiger partial charge in [0.15, 0.2) is 5.79 Å². The molecule has 2 rings (SSSR count). The Kier molecular flexibility index (Phi) is 3.68. The zero-order valence-electron chi connectivity index (χ0n) is 10.9. The van der Waals surface area contributed by atoms with Crippen molar-refractivity contribution < 1.29 is 19.0 Å². The van der Waals surface area contributed by atoms with E-state index in [1.807, 2.05) is 18.2 Å². The number of carbonyl (C=O) groups excluding carboxylic acids is 1. The van der Waals surface area contributed by atoms with Gasteiger partial charge in [0.05, 0.1) is 7.11 Å². The average Bonchev–Trinajstić information content (AvgIpc) is 2.72. The van der Waals surface area contributed by atoms with Crippen molar-refractivity contribution in [3.8, 4) is 5.75 Å². The van der Waals surface area contributed by atoms with Gasteiger partial charge in [-0.05, 0) is 24.1 Å². The molecule has 0 heterocycles. The summed E-state index contributed by atoms with van der Waals surface area (Å²) in [6.45, 7) is 0. The van der Waals surface area contributed by atoms with Crippen molar-refractivity contribution in [1.82, 2.24) is 0 Å². The summed E-state index contributed by atoms with van der Waals surface area (Å²) in [7, 11) is 4.84. The van der Waals surface area contributed by atoms with Crippen LogP contribution in [0.25, 0.3) is 0 Å². The topological polar surface area (TPSA) is 44.8 Å². The van der Waals surface area contributed by atoms with Gasteiger partial charge in [-0.1, -0.05) is 6.07 Å². The Labute approximate surface area is 107 Å². The molecule has 1 aliphatic carbocycles. The van der Waals surface area contributed by atoms with Crippen molar-refractivity contribution in [2.75, 3.05) is 21.3 Å². The lowest BCUT2D eigenvalue weighted by Crippen LogP contribution is -2.36. The zero-order valence-corrected chi connectivity index (χ0v) is 10.9. The number of carbonyl (C=O) groups is 1. The van der Waals surface area contributed by atoms with Crippen molar-refractivity contribution in [1.29, 1.82) is 0 Å². The normalized spacial score (nSPS) is 20.5. The maximum atomic E-state index is 10.8. The van der Waals surface area contributed by atoms with Crippen LogP contribution in [0.2, 0.25) is 0 Å². The lowest BCUT2D eigenvalue weighted by atomic mass is 9.96. The third-order valence-corrected chi connectivity index (χ3v) is 3.68. The number of benzene rings is 1. The molecule has 0 aromatic heterocycles. The molecule has 0 N–H and O–H groups in total. The van der Waals surface area contributed by atoms with Crippen LogP contribution in [0.4, 0.5) is 0 Å². The molecular formula is C14H18O4. The van der Waals surface area contributed by atoms with Crippen LogP contribution in [0, 0.1) is 5.92 Å². The Bertz CT molecular complexity index is 437. The molecule has 0 amide bonds. The van der Waals surface area contributed by atoms with E-state index in [1.54, 1.807) is 21.3 Å². The second-order valence-corrected chi connectivity index (χ2v) is 4.40. The van der Waals surface area contributed by atoms with Gasteiger partial charge in [0.1, 0.15) is 12.0 Å². The lowest BCUT2D eigenvalue weighted by molar-refractivity contribution is -0.242. The first-order chi connectivity index (χ1) is 8.71. The van der Waals surface area contributed by atoms with Crippen molar-refractivity contribution >= 4 is 6.29 Å². The highest BCUT2D eigenvalue weighted by Crippen LogP contribution is 2.46. The van der Waals surface area contributed by atoms with Gasteiger partial charge >= 0.3 is 0 Å². The SMILES string of the molecule is COc1ccc2c(c1)C(OC)(OC)C(CC=O)C2. The van der Waals surface area contributed by atoms with Crippen LogP contribution >= 0.6 is 0 Å². The maximum Gasteiger partial charge on any atom is 0.198 e. The summed E-state index contributed by atoms with van der Waals surface area (Å²) >= 11 is 0. The fourth-order valence-electron chi connectivity index (χ4n) is 2.80. The summed E-state index contributed by atoms with van der Waals surface area (Å²) in [5.74, 6) is -0.0730. The van der Waals surface area contributed by atoms with Gasteiger partial charge < -0.3 is 19.0 Å². The van der Waals surface area contributed by atoms with Crippen LogP contribution in [-0.4, -0.2) is 27.6 Å². The maximum absolute atomic E-state index is 10.8. The predicted octanol–water partition coefficient (Wildman–Crippen LogP) is 1.90. The summed E-state index contributed by atoms with van der Waals surface area (Å²) in [4.78, 5) is 10.8. The van der Waals surface area contributed by atoms with Crippen LogP contribution < -0.4 is 4.74 Å². The summed E-state index contributed by atoms with van der Waals surface area (Å²) < 4.78 is 16.4. The van der Waals surface area contributed by atoms with Crippen LogP contribution in [0.1, 0.15) is 17.5 Å². The second kappa shape index (κ2) is 5.08. The van der Waals surface area contributed by atoms with Crippen molar-refractivity contribution in [3.63, 3.8) is 0 Å². The average molecular weight is 250 g/mol. The number of aldehydes is 1. The first kappa shape index (κ1) is 13.1. The molecule has 4 nitrogen and oxygen atoms in total. The van der Waals surface area contributed by atoms with Crippen molar-refractivity contribution in [2.45, 2.75) is 18.6 Å². The van der Waals surface area contributed by atoms with E-state index in [2.05, 4.69) is 0 Å². The van der Waals surface area contributed by atoms with Gasteiger partial charge in [-0.2, -0.15) is 0 Å². The monoisotopic (exact) mass is 250 g/mol. The first-order valence-corrected chi connectivity index (χ1v) is 5.93. The molecule has 0 fully saturated rings. The Morgan fingerprint density at radius 3 is 2.61 bits per heavy atom. The Hall–Kier alpha value is -1.39. The van der Waals surface area contributed by atoms with E-state index >= 15 is 0 Å². The second-order valence-electron chi connectivity index (χ2n) is 4.40. The zero-order chi connectivity index (χ0) is 13.2. The van der Waals surface area contributed by atoms with Crippen LogP contribution in [0.5, 0.6) is 5.75 Å². The molecule has 98 valence electrons. The molecule has 1 aliphatic rings. The van der Waals surface area contributed by atoms with Crippen LogP contribution in [0.15, 0.2) is 18.2 Å². The van der Waals surface area contributed by atoms with E-state index < -0.39 is 5.79 Å². The van der Waals surface area contributed by atoms with E-state index in [4.69, 9.17) is 14.2 Å². The fourth-order valence-corrected chi connectivity index (χ4v) is 2.80. The summed E-state index contributed by atoms with van der Waals surface area (Å²) in [6.07, 6.45) is 2.11. The van der Waals surface area contributed by atoms with Crippen LogP contribution in [-0.2, 0) is 26.5 Å². The van der Waals surface area contributed by atoms with E-state index in [9.17, 15) is 4.79 Å². The molecule has 0 aliphatic heterocycles. The van der Waals surface area contributed by atoms with Crippen LogP contribution in [0.3, 0.4) is 0 Å². The molecule has 1 unspecified atom stereocenters. The van der Waals surface area contributed by atoms with Gasteiger partial charge in [-0.15, -0.1) is 0 Å². The number of methoxy groups -OCH3 is 3. The Morgan fingerprint density at radius 2 is 2.06 bits per heavy atom. The van der Waals surface area contributed by atoms with Gasteiger partial charge in [0.25, 0.3) is 0 Å². The highest BCUT2D eigenvalue weighted by Gasteiger charge is 2.47. The summed E-state index contributed by atoms with van der Waals surface area (Å²) in [5.41, 5.74) is 2.10. The standard InChI is InChI=1S/C14H18O4/c1-16-12-5-4-10-8-11(6-7-15)14(17-2,18-3)13(10)9-12/h4-5,7,9,11H,6,8H2,1-3H3. The van der Waals surface area contributed by atoms with E-state index in [1.165, 1.54) is 0 Å². The number of hydrogen-bond acceptors (Lipinski definition) is 4. The largest absolute Gasteiger partial charge is 0.497 e. The van der Waals surface area contributed by atoms with Gasteiger partial charge in [-0.25, -0.2) is 0 Å². The Balaban J connectivity index is 2.49. The highest BCUT2D eigenvalue weighted by atomic mass is 16.7. The first-order valence-electron chi connectivity index (χ1n) is 5.93. The third-order valence-electron chi connectivity index (χ3n) is 3.68. The molecule has 0 saturated carbocycles. The molecule has 0 saturated heterocycles. The summed E-state index contributed by atoms with van der Waals surface area (Å²) in [6, 6.07) is 5.84. The van der Waals surface area contributed by atoms with Crippen molar-refractivity contribution in [2.24, 2.45) is 5.92 Å². The highest BCUT2D eigenvalue weighted by molar-refractivity contribution is 5.52. The minimum atomic E-state index is -0.842. The lowest BCUT2D eigenvalue weighted by Gasteiger charge is -2.32. The minimum absolute atomic E-state index is 0.00658. The van der Waals surface area contributed by atoms with E-state index in [0.717, 1.165) is 29.6 Å². The number of rotatable bonds is 5. The molecule has 1 aromatic carbocycles. The van der Waals surface area contributed by atoms with Gasteiger partial charge in [0.2, 0.25) is 0 Å². The molecule has 18 heavy (non-hydrogen) atoms. The number of fused-ring (bicyclic) bond motifs is 1. The molecule has 4 heteroatoms. The van der Waals surface area contributed by atoms with Crippen molar-refractivity contribution in [3.05, 3.63) is 29.3 Å². The predicted molar refractivity (Wildman–Crippen MR) is 66.6 cm³/mol. The molecule has 0 radical (unpaired) electrons. The number of hydrogen-bond donors (Lipinski definition) is 0. The van der Waals surface area contributed by atoms with Gasteiger partial charge in [-0.3, -0.25) is 0 Å². The molecule has 1 aromatic rings. The third kappa shape index (κ3) is 1.82. The quantitative estimate of drug-likeness (QED) is 0.591. The Morgan fingerprint density at radius 1 is 1.33 bits per heavy atom. The molecule has 1 atom stereocenters. The fraction of sp³-hybridized carbons (Fsp3) is 0.500. The number of ether oxygens (including phenoxy) is 3. The molecule has 0 spiro atoms. The smallest absolute Gasteiger partial charge is 0.198 e. The van der Waals surface area contributed by atoms with Gasteiger partial charge in [0, 0.05) is 32.1 Å². The van der Waals surface area contributed by atoms with E-state index in [0.29, 0.717) is 6.42 Å². The van der Waals surface area contributed by atoms with E-state index in [-0.39, 0.29) is 5.92 Å². The molecule has 0 bridgehead atoms. The minimum Gasteiger partial charge on any atom is -0.497 e. The molecular weight excluding hydrogens is 232 g/mol. The summed E-state index contributed by atoms with van der Waals surface area (Å²) in [5, 5.41) is 0.